The highest BCUT2D eigenvalue weighted by Gasteiger charge is 2.32. The van der Waals surface area contributed by atoms with E-state index in [4.69, 9.17) is 11.6 Å². The summed E-state index contributed by atoms with van der Waals surface area (Å²) in [5, 5.41) is 6.61. The third-order valence-corrected chi connectivity index (χ3v) is 7.05. The maximum absolute atomic E-state index is 14.2. The number of hydrogen-bond donors (Lipinski definition) is 2. The van der Waals surface area contributed by atoms with Gasteiger partial charge in [0.25, 0.3) is 10.0 Å². The van der Waals surface area contributed by atoms with Crippen LogP contribution in [0.15, 0.2) is 71.8 Å². The van der Waals surface area contributed by atoms with Crippen LogP contribution >= 0.6 is 11.6 Å². The molecular formula is C23H18ClF4N3O2S. The molecule has 4 aromatic rings. The molecule has 0 aliphatic heterocycles. The molecule has 4 rings (SSSR count). The lowest BCUT2D eigenvalue weighted by atomic mass is 10.1. The first-order valence-electron chi connectivity index (χ1n) is 9.94. The normalized spacial score (nSPS) is 12.3. The number of hydrogen-bond acceptors (Lipinski definition) is 4. The third kappa shape index (κ3) is 4.61. The van der Waals surface area contributed by atoms with Crippen LogP contribution in [0.3, 0.4) is 0 Å². The van der Waals surface area contributed by atoms with Crippen LogP contribution in [0.4, 0.5) is 28.9 Å². The van der Waals surface area contributed by atoms with Gasteiger partial charge < -0.3 is 10.6 Å². The van der Waals surface area contributed by atoms with Crippen molar-refractivity contribution in [3.05, 3.63) is 88.8 Å². The van der Waals surface area contributed by atoms with Gasteiger partial charge in [-0.15, -0.1) is 0 Å². The first-order chi connectivity index (χ1) is 16.0. The van der Waals surface area contributed by atoms with Crippen molar-refractivity contribution < 1.29 is 26.0 Å². The van der Waals surface area contributed by atoms with Crippen LogP contribution in [0.1, 0.15) is 11.1 Å². The van der Waals surface area contributed by atoms with Crippen molar-refractivity contribution >= 4 is 43.9 Å². The lowest BCUT2D eigenvalue weighted by Crippen LogP contribution is -2.14. The van der Waals surface area contributed by atoms with Crippen molar-refractivity contribution in [2.75, 3.05) is 12.4 Å². The molecule has 0 saturated heterocycles. The number of anilines is 2. The summed E-state index contributed by atoms with van der Waals surface area (Å²) in [6.45, 7) is 0.320. The van der Waals surface area contributed by atoms with Gasteiger partial charge in [0, 0.05) is 28.8 Å². The maximum Gasteiger partial charge on any atom is 0.416 e. The van der Waals surface area contributed by atoms with E-state index >= 15 is 0 Å². The predicted molar refractivity (Wildman–Crippen MR) is 123 cm³/mol. The molecule has 11 heteroatoms. The molecular weight excluding hydrogens is 494 g/mol. The van der Waals surface area contributed by atoms with Crippen molar-refractivity contribution in [2.24, 2.45) is 0 Å². The van der Waals surface area contributed by atoms with Gasteiger partial charge in [0.15, 0.2) is 0 Å². The number of benzene rings is 3. The van der Waals surface area contributed by atoms with Crippen LogP contribution in [-0.4, -0.2) is 19.4 Å². The average molecular weight is 512 g/mol. The Morgan fingerprint density at radius 2 is 1.79 bits per heavy atom. The smallest absolute Gasteiger partial charge is 0.353 e. The van der Waals surface area contributed by atoms with Crippen molar-refractivity contribution in [1.82, 2.24) is 9.29 Å². The van der Waals surface area contributed by atoms with Crippen molar-refractivity contribution in [2.45, 2.75) is 17.6 Å². The fourth-order valence-corrected chi connectivity index (χ4v) is 5.16. The molecule has 178 valence electrons. The fraction of sp³-hybridized carbons (Fsp3) is 0.130. The predicted octanol–water partition coefficient (Wildman–Crippen LogP) is 6.15. The number of nitrogens with one attached hydrogen (secondary N) is 2. The number of fused-ring (bicyclic) bond motifs is 1. The molecule has 3 aromatic carbocycles. The van der Waals surface area contributed by atoms with Gasteiger partial charge in [-0.25, -0.2) is 16.8 Å². The molecule has 0 atom stereocenters. The molecule has 0 aliphatic rings. The minimum absolute atomic E-state index is 0.123. The Hall–Kier alpha value is -3.08. The third-order valence-electron chi connectivity index (χ3n) is 5.15. The van der Waals surface area contributed by atoms with Crippen molar-refractivity contribution in [3.63, 3.8) is 0 Å². The lowest BCUT2D eigenvalue weighted by Gasteiger charge is -2.12. The van der Waals surface area contributed by atoms with E-state index < -0.39 is 32.5 Å². The molecule has 0 fully saturated rings. The Labute approximate surface area is 198 Å². The Morgan fingerprint density at radius 3 is 2.47 bits per heavy atom. The van der Waals surface area contributed by atoms with Gasteiger partial charge in [0.1, 0.15) is 5.82 Å². The topological polar surface area (TPSA) is 63.1 Å². The van der Waals surface area contributed by atoms with Crippen molar-refractivity contribution in [3.8, 4) is 0 Å². The van der Waals surface area contributed by atoms with Gasteiger partial charge in [-0.3, -0.25) is 0 Å². The molecule has 0 unspecified atom stereocenters. The Balaban J connectivity index is 1.85. The van der Waals surface area contributed by atoms with Crippen LogP contribution in [0.2, 0.25) is 5.02 Å². The summed E-state index contributed by atoms with van der Waals surface area (Å²) in [6.07, 6.45) is -3.33. The second kappa shape index (κ2) is 8.94. The van der Waals surface area contributed by atoms with E-state index in [9.17, 15) is 26.0 Å². The summed E-state index contributed by atoms with van der Waals surface area (Å²) in [5.41, 5.74) is 0.279. The van der Waals surface area contributed by atoms with E-state index in [0.29, 0.717) is 29.2 Å². The molecule has 1 aromatic heterocycles. The maximum atomic E-state index is 14.2. The molecule has 1 heterocycles. The van der Waals surface area contributed by atoms with E-state index in [2.05, 4.69) is 10.6 Å². The highest BCUT2D eigenvalue weighted by Crippen LogP contribution is 2.33. The SMILES string of the molecule is CNCc1cn(S(=O)(=O)c2cccc(C(F)(F)F)c2)c2cc(Nc3ccc(Cl)cc3F)ccc12. The standard InChI is InChI=1S/C23H18ClF4N3O2S/c1-29-12-14-13-31(34(32,33)18-4-2-3-15(9-18)23(26,27)28)22-11-17(6-7-19(14)22)30-21-8-5-16(24)10-20(21)25/h2-11,13,29-30H,12H2,1H3. The number of aromatic nitrogens is 1. The molecule has 34 heavy (non-hydrogen) atoms. The van der Waals surface area contributed by atoms with Gasteiger partial charge in [-0.1, -0.05) is 23.7 Å². The minimum Gasteiger partial charge on any atom is -0.353 e. The zero-order valence-electron chi connectivity index (χ0n) is 17.6. The second-order valence-electron chi connectivity index (χ2n) is 7.49. The van der Waals surface area contributed by atoms with Gasteiger partial charge in [0.2, 0.25) is 0 Å². The minimum atomic E-state index is -4.69. The average Bonchev–Trinajstić information content (AvgIpc) is 3.14. The van der Waals surface area contributed by atoms with E-state index in [1.54, 1.807) is 19.2 Å². The second-order valence-corrected chi connectivity index (χ2v) is 9.74. The molecule has 0 saturated carbocycles. The number of halogens is 5. The van der Waals surface area contributed by atoms with Gasteiger partial charge in [0.05, 0.1) is 21.7 Å². The number of nitrogens with zero attached hydrogens (tertiary/aromatic N) is 1. The van der Waals surface area contributed by atoms with Crippen LogP contribution in [0.25, 0.3) is 10.9 Å². The quantitative estimate of drug-likeness (QED) is 0.305. The fourth-order valence-electron chi connectivity index (χ4n) is 3.57. The Kier molecular flexibility index (Phi) is 6.32. The van der Waals surface area contributed by atoms with Crippen LogP contribution in [-0.2, 0) is 22.7 Å². The molecule has 2 N–H and O–H groups in total. The summed E-state index contributed by atoms with van der Waals surface area (Å²) in [6, 6.07) is 12.4. The lowest BCUT2D eigenvalue weighted by molar-refractivity contribution is -0.137. The van der Waals surface area contributed by atoms with Gasteiger partial charge in [-0.2, -0.15) is 13.2 Å². The number of rotatable bonds is 6. The highest BCUT2D eigenvalue weighted by molar-refractivity contribution is 7.90. The van der Waals surface area contributed by atoms with Crippen LogP contribution in [0.5, 0.6) is 0 Å². The highest BCUT2D eigenvalue weighted by atomic mass is 35.5. The van der Waals surface area contributed by atoms with Crippen molar-refractivity contribution in [1.29, 1.82) is 0 Å². The Morgan fingerprint density at radius 1 is 1.03 bits per heavy atom. The first-order valence-corrected chi connectivity index (χ1v) is 11.8. The van der Waals surface area contributed by atoms with E-state index in [1.807, 2.05) is 0 Å². The summed E-state index contributed by atoms with van der Waals surface area (Å²) in [4.78, 5) is -0.502. The van der Waals surface area contributed by atoms with E-state index in [1.165, 1.54) is 24.4 Å². The molecule has 0 bridgehead atoms. The monoisotopic (exact) mass is 511 g/mol. The van der Waals surface area contributed by atoms with E-state index in [-0.39, 0.29) is 16.2 Å². The van der Waals surface area contributed by atoms with Gasteiger partial charge >= 0.3 is 6.18 Å². The number of alkyl halides is 3. The zero-order chi connectivity index (χ0) is 24.7. The molecule has 5 nitrogen and oxygen atoms in total. The van der Waals surface area contributed by atoms with Gasteiger partial charge in [-0.05, 0) is 61.1 Å². The zero-order valence-corrected chi connectivity index (χ0v) is 19.2. The first kappa shape index (κ1) is 24.1. The summed E-state index contributed by atoms with van der Waals surface area (Å²) in [5.74, 6) is -0.601. The molecule has 0 aliphatic carbocycles. The molecule has 0 radical (unpaired) electrons. The largest absolute Gasteiger partial charge is 0.416 e. The summed E-state index contributed by atoms with van der Waals surface area (Å²) < 4.78 is 81.5. The molecule has 0 amide bonds. The van der Waals surface area contributed by atoms with Crippen LogP contribution < -0.4 is 10.6 Å². The molecule has 0 spiro atoms. The Bertz CT molecular complexity index is 1480. The summed E-state index contributed by atoms with van der Waals surface area (Å²) in [7, 11) is -2.70. The summed E-state index contributed by atoms with van der Waals surface area (Å²) >= 11 is 5.78. The van der Waals surface area contributed by atoms with Crippen LogP contribution in [0, 0.1) is 5.82 Å². The van der Waals surface area contributed by atoms with E-state index in [0.717, 1.165) is 28.2 Å².